The largest absolute Gasteiger partial charge is 0.444 e. The highest BCUT2D eigenvalue weighted by Crippen LogP contribution is 2.27. The van der Waals surface area contributed by atoms with Crippen LogP contribution in [-0.4, -0.2) is 17.7 Å². The molecular weight excluding hydrogens is 204 g/mol. The molecule has 0 aromatic rings. The van der Waals surface area contributed by atoms with E-state index >= 15 is 0 Å². The summed E-state index contributed by atoms with van der Waals surface area (Å²) in [6, 6.07) is 2.35. The van der Waals surface area contributed by atoms with E-state index in [1.165, 1.54) is 0 Å². The van der Waals surface area contributed by atoms with Gasteiger partial charge in [-0.05, 0) is 46.0 Å². The lowest BCUT2D eigenvalue weighted by Crippen LogP contribution is -2.37. The predicted octanol–water partition coefficient (Wildman–Crippen LogP) is 2.59. The van der Waals surface area contributed by atoms with Crippen LogP contribution < -0.4 is 5.32 Å². The Hall–Kier alpha value is -1.24. The Bertz CT molecular complexity index is 288. The summed E-state index contributed by atoms with van der Waals surface area (Å²) in [6.45, 7) is 5.54. The normalized spacial score (nSPS) is 24.9. The van der Waals surface area contributed by atoms with E-state index in [-0.39, 0.29) is 12.1 Å². The van der Waals surface area contributed by atoms with Gasteiger partial charge in [-0.3, -0.25) is 0 Å². The van der Waals surface area contributed by atoms with Crippen molar-refractivity contribution < 1.29 is 9.53 Å². The number of amides is 1. The van der Waals surface area contributed by atoms with Gasteiger partial charge >= 0.3 is 6.09 Å². The highest BCUT2D eigenvalue weighted by molar-refractivity contribution is 5.68. The average Bonchev–Trinajstić information content (AvgIpc) is 2.49. The van der Waals surface area contributed by atoms with Crippen molar-refractivity contribution in [1.82, 2.24) is 5.32 Å². The molecule has 0 heterocycles. The summed E-state index contributed by atoms with van der Waals surface area (Å²) in [5.41, 5.74) is -0.450. The minimum Gasteiger partial charge on any atom is -0.444 e. The number of nitriles is 1. The summed E-state index contributed by atoms with van der Waals surface area (Å²) < 4.78 is 5.18. The molecule has 0 aliphatic heterocycles. The van der Waals surface area contributed by atoms with E-state index in [0.717, 1.165) is 19.3 Å². The number of rotatable bonds is 2. The zero-order chi connectivity index (χ0) is 12.2. The van der Waals surface area contributed by atoms with Gasteiger partial charge in [-0.25, -0.2) is 4.79 Å². The van der Waals surface area contributed by atoms with E-state index in [1.54, 1.807) is 0 Å². The number of hydrogen-bond acceptors (Lipinski definition) is 3. The smallest absolute Gasteiger partial charge is 0.407 e. The number of nitrogens with one attached hydrogen (secondary N) is 1. The van der Waals surface area contributed by atoms with E-state index in [4.69, 9.17) is 10.00 Å². The fourth-order valence-electron chi connectivity index (χ4n) is 1.99. The molecule has 1 saturated carbocycles. The molecule has 1 amide bonds. The van der Waals surface area contributed by atoms with Crippen molar-refractivity contribution in [3.63, 3.8) is 0 Å². The molecule has 4 heteroatoms. The molecule has 0 unspecified atom stereocenters. The molecule has 1 fully saturated rings. The van der Waals surface area contributed by atoms with Gasteiger partial charge in [0.05, 0.1) is 6.07 Å². The second kappa shape index (κ2) is 5.20. The van der Waals surface area contributed by atoms with Crippen molar-refractivity contribution >= 4 is 6.09 Å². The molecule has 16 heavy (non-hydrogen) atoms. The number of carbonyl (C=O) groups excluding carboxylic acids is 1. The molecular formula is C12H20N2O2. The van der Waals surface area contributed by atoms with Crippen LogP contribution in [0.15, 0.2) is 0 Å². The van der Waals surface area contributed by atoms with E-state index < -0.39 is 5.60 Å². The summed E-state index contributed by atoms with van der Waals surface area (Å²) in [6.07, 6.45) is 3.11. The van der Waals surface area contributed by atoms with Crippen LogP contribution in [0.5, 0.6) is 0 Å². The number of nitrogens with zero attached hydrogens (tertiary/aromatic N) is 1. The van der Waals surface area contributed by atoms with Crippen molar-refractivity contribution in [3.05, 3.63) is 0 Å². The quantitative estimate of drug-likeness (QED) is 0.784. The molecule has 1 aliphatic rings. The second-order valence-corrected chi connectivity index (χ2v) is 5.38. The molecule has 0 aromatic heterocycles. The van der Waals surface area contributed by atoms with Gasteiger partial charge in [0.2, 0.25) is 0 Å². The molecule has 2 atom stereocenters. The molecule has 0 saturated heterocycles. The maximum absolute atomic E-state index is 11.5. The molecule has 0 radical (unpaired) electrons. The molecule has 1 aliphatic carbocycles. The highest BCUT2D eigenvalue weighted by atomic mass is 16.6. The third-order valence-corrected chi connectivity index (χ3v) is 2.64. The van der Waals surface area contributed by atoms with Crippen LogP contribution in [0, 0.1) is 17.2 Å². The summed E-state index contributed by atoms with van der Waals surface area (Å²) in [7, 11) is 0. The predicted molar refractivity (Wildman–Crippen MR) is 60.7 cm³/mol. The van der Waals surface area contributed by atoms with E-state index in [0.29, 0.717) is 12.3 Å². The highest BCUT2D eigenvalue weighted by Gasteiger charge is 2.27. The van der Waals surface area contributed by atoms with Gasteiger partial charge in [-0.1, -0.05) is 0 Å². The standard InChI is InChI=1S/C12H20N2O2/c1-12(2,3)16-11(15)14-10-5-4-9(8-10)6-7-13/h9-10H,4-6,8H2,1-3H3,(H,14,15)/t9-,10-/m0/s1. The summed E-state index contributed by atoms with van der Waals surface area (Å²) in [5.74, 6) is 0.435. The minimum absolute atomic E-state index is 0.174. The monoisotopic (exact) mass is 224 g/mol. The zero-order valence-electron chi connectivity index (χ0n) is 10.2. The Morgan fingerprint density at radius 1 is 1.50 bits per heavy atom. The van der Waals surface area contributed by atoms with Gasteiger partial charge in [0, 0.05) is 12.5 Å². The molecule has 0 bridgehead atoms. The molecule has 0 aromatic carbocycles. The molecule has 90 valence electrons. The van der Waals surface area contributed by atoms with E-state index in [1.807, 2.05) is 20.8 Å². The number of hydrogen-bond donors (Lipinski definition) is 1. The summed E-state index contributed by atoms with van der Waals surface area (Å²) >= 11 is 0. The lowest BCUT2D eigenvalue weighted by atomic mass is 10.1. The Kier molecular flexibility index (Phi) is 4.17. The van der Waals surface area contributed by atoms with Crippen LogP contribution in [0.25, 0.3) is 0 Å². The van der Waals surface area contributed by atoms with Crippen molar-refractivity contribution in [2.75, 3.05) is 0 Å². The van der Waals surface area contributed by atoms with Crippen LogP contribution in [0.4, 0.5) is 4.79 Å². The first-order chi connectivity index (χ1) is 7.40. The molecule has 1 N–H and O–H groups in total. The SMILES string of the molecule is CC(C)(C)OC(=O)N[C@H]1CC[C@@H](CC#N)C1. The first kappa shape index (κ1) is 12.8. The maximum atomic E-state index is 11.5. The van der Waals surface area contributed by atoms with Crippen molar-refractivity contribution in [3.8, 4) is 6.07 Å². The summed E-state index contributed by atoms with van der Waals surface area (Å²) in [4.78, 5) is 11.5. The topological polar surface area (TPSA) is 62.1 Å². The molecule has 0 spiro atoms. The van der Waals surface area contributed by atoms with Crippen LogP contribution in [0.3, 0.4) is 0 Å². The van der Waals surface area contributed by atoms with Crippen molar-refractivity contribution in [2.24, 2.45) is 5.92 Å². The third kappa shape index (κ3) is 4.52. The zero-order valence-corrected chi connectivity index (χ0v) is 10.2. The van der Waals surface area contributed by atoms with Gasteiger partial charge < -0.3 is 10.1 Å². The second-order valence-electron chi connectivity index (χ2n) is 5.38. The number of ether oxygens (including phenoxy) is 1. The van der Waals surface area contributed by atoms with Gasteiger partial charge in [0.1, 0.15) is 5.60 Å². The lowest BCUT2D eigenvalue weighted by Gasteiger charge is -2.21. The fraction of sp³-hybridized carbons (Fsp3) is 0.833. The first-order valence-electron chi connectivity index (χ1n) is 5.77. The maximum Gasteiger partial charge on any atom is 0.407 e. The third-order valence-electron chi connectivity index (χ3n) is 2.64. The number of alkyl carbamates (subject to hydrolysis) is 1. The van der Waals surface area contributed by atoms with Gasteiger partial charge in [-0.2, -0.15) is 5.26 Å². The van der Waals surface area contributed by atoms with Crippen LogP contribution in [0.1, 0.15) is 46.5 Å². The summed E-state index contributed by atoms with van der Waals surface area (Å²) in [5, 5.41) is 11.4. The van der Waals surface area contributed by atoms with Crippen LogP contribution in [0.2, 0.25) is 0 Å². The molecule has 1 rings (SSSR count). The Morgan fingerprint density at radius 2 is 2.19 bits per heavy atom. The van der Waals surface area contributed by atoms with Crippen molar-refractivity contribution in [1.29, 1.82) is 5.26 Å². The van der Waals surface area contributed by atoms with Crippen LogP contribution in [-0.2, 0) is 4.74 Å². The van der Waals surface area contributed by atoms with Crippen LogP contribution >= 0.6 is 0 Å². The fourth-order valence-corrected chi connectivity index (χ4v) is 1.99. The Balaban J connectivity index is 2.29. The average molecular weight is 224 g/mol. The van der Waals surface area contributed by atoms with Gasteiger partial charge in [0.25, 0.3) is 0 Å². The Morgan fingerprint density at radius 3 is 2.75 bits per heavy atom. The van der Waals surface area contributed by atoms with Gasteiger partial charge in [-0.15, -0.1) is 0 Å². The van der Waals surface area contributed by atoms with Gasteiger partial charge in [0.15, 0.2) is 0 Å². The van der Waals surface area contributed by atoms with E-state index in [9.17, 15) is 4.79 Å². The Labute approximate surface area is 97.0 Å². The lowest BCUT2D eigenvalue weighted by molar-refractivity contribution is 0.0504. The number of carbonyl (C=O) groups is 1. The first-order valence-corrected chi connectivity index (χ1v) is 5.77. The van der Waals surface area contributed by atoms with Crippen molar-refractivity contribution in [2.45, 2.75) is 58.1 Å². The minimum atomic E-state index is -0.450. The molecule has 4 nitrogen and oxygen atoms in total. The van der Waals surface area contributed by atoms with E-state index in [2.05, 4.69) is 11.4 Å².